The molecule has 26 heavy (non-hydrogen) atoms. The number of anilines is 4. The first-order chi connectivity index (χ1) is 12.6. The highest BCUT2D eigenvalue weighted by atomic mass is 35.5. The summed E-state index contributed by atoms with van der Waals surface area (Å²) >= 11 is 11.7. The second kappa shape index (κ2) is 10.7. The number of aromatic nitrogens is 6. The van der Waals surface area contributed by atoms with Crippen molar-refractivity contribution in [3.05, 3.63) is 10.6 Å². The summed E-state index contributed by atoms with van der Waals surface area (Å²) in [6.45, 7) is 1.35. The molecule has 0 saturated carbocycles. The normalized spacial score (nSPS) is 10.5. The Morgan fingerprint density at radius 3 is 1.15 bits per heavy atom. The van der Waals surface area contributed by atoms with Crippen LogP contribution in [-0.2, 0) is 0 Å². The van der Waals surface area contributed by atoms with E-state index in [9.17, 15) is 0 Å². The molecule has 0 aliphatic rings. The van der Waals surface area contributed by atoms with Gasteiger partial charge in [-0.1, -0.05) is 0 Å². The summed E-state index contributed by atoms with van der Waals surface area (Å²) < 4.78 is 0. The SMILES string of the molecule is OCCNc1nc(Cl)nc(NCCNc2nc(Cl)nc(NCCO)n2)n1. The van der Waals surface area contributed by atoms with Crippen LogP contribution in [0.25, 0.3) is 0 Å². The Bertz CT molecular complexity index is 648. The van der Waals surface area contributed by atoms with E-state index in [4.69, 9.17) is 33.4 Å². The summed E-state index contributed by atoms with van der Waals surface area (Å²) in [5.41, 5.74) is 0. The number of nitrogens with one attached hydrogen (secondary N) is 4. The Balaban J connectivity index is 1.85. The Morgan fingerprint density at radius 2 is 0.846 bits per heavy atom. The van der Waals surface area contributed by atoms with E-state index in [1.807, 2.05) is 0 Å². The number of rotatable bonds is 11. The third-order valence-electron chi connectivity index (χ3n) is 2.70. The van der Waals surface area contributed by atoms with E-state index in [2.05, 4.69) is 51.2 Å². The van der Waals surface area contributed by atoms with Gasteiger partial charge in [0.2, 0.25) is 34.4 Å². The zero-order valence-electron chi connectivity index (χ0n) is 13.6. The Kier molecular flexibility index (Phi) is 8.21. The minimum atomic E-state index is -0.0559. The average Bonchev–Trinajstić information content (AvgIpc) is 2.61. The van der Waals surface area contributed by atoms with Crippen molar-refractivity contribution >= 4 is 47.0 Å². The molecule has 0 bridgehead atoms. The molecule has 0 unspecified atom stereocenters. The summed E-state index contributed by atoms with van der Waals surface area (Å²) in [5.74, 6) is 1.09. The monoisotopic (exact) mass is 404 g/mol. The molecule has 2 rings (SSSR count). The lowest BCUT2D eigenvalue weighted by Gasteiger charge is -2.09. The van der Waals surface area contributed by atoms with Crippen molar-refractivity contribution in [2.24, 2.45) is 0 Å². The lowest BCUT2D eigenvalue weighted by molar-refractivity contribution is 0.310. The fraction of sp³-hybridized carbons (Fsp3) is 0.500. The van der Waals surface area contributed by atoms with E-state index >= 15 is 0 Å². The van der Waals surface area contributed by atoms with Crippen LogP contribution in [0.1, 0.15) is 0 Å². The van der Waals surface area contributed by atoms with E-state index in [1.165, 1.54) is 0 Å². The topological polar surface area (TPSA) is 166 Å². The van der Waals surface area contributed by atoms with Gasteiger partial charge in [-0.15, -0.1) is 0 Å². The molecule has 2 aromatic heterocycles. The molecular weight excluding hydrogens is 387 g/mol. The van der Waals surface area contributed by atoms with Gasteiger partial charge in [0.1, 0.15) is 0 Å². The fourth-order valence-corrected chi connectivity index (χ4v) is 2.02. The van der Waals surface area contributed by atoms with Crippen LogP contribution in [0, 0.1) is 0 Å². The molecule has 12 nitrogen and oxygen atoms in total. The highest BCUT2D eigenvalue weighted by molar-refractivity contribution is 6.28. The van der Waals surface area contributed by atoms with Crippen LogP contribution in [0.4, 0.5) is 23.8 Å². The Morgan fingerprint density at radius 1 is 0.538 bits per heavy atom. The lowest BCUT2D eigenvalue weighted by atomic mass is 10.6. The minimum Gasteiger partial charge on any atom is -0.395 e. The van der Waals surface area contributed by atoms with Gasteiger partial charge in [0, 0.05) is 26.2 Å². The van der Waals surface area contributed by atoms with Crippen LogP contribution in [0.15, 0.2) is 0 Å². The molecule has 0 atom stereocenters. The average molecular weight is 405 g/mol. The van der Waals surface area contributed by atoms with Gasteiger partial charge in [-0.2, -0.15) is 29.9 Å². The molecule has 0 radical (unpaired) electrons. The van der Waals surface area contributed by atoms with Crippen LogP contribution in [-0.4, -0.2) is 79.5 Å². The molecule has 2 aromatic rings. The first kappa shape index (κ1) is 20.0. The summed E-state index contributed by atoms with van der Waals surface area (Å²) in [4.78, 5) is 23.9. The summed E-state index contributed by atoms with van der Waals surface area (Å²) in [6.07, 6.45) is 0. The van der Waals surface area contributed by atoms with Gasteiger partial charge in [-0.05, 0) is 23.2 Å². The van der Waals surface area contributed by atoms with Crippen molar-refractivity contribution in [1.29, 1.82) is 0 Å². The minimum absolute atomic E-state index is 0.0275. The van der Waals surface area contributed by atoms with Crippen molar-refractivity contribution in [2.75, 3.05) is 60.7 Å². The van der Waals surface area contributed by atoms with E-state index in [0.717, 1.165) is 0 Å². The second-order valence-corrected chi connectivity index (χ2v) is 5.33. The third-order valence-corrected chi connectivity index (χ3v) is 3.04. The number of halogens is 2. The predicted molar refractivity (Wildman–Crippen MR) is 97.8 cm³/mol. The van der Waals surface area contributed by atoms with Crippen LogP contribution in [0.3, 0.4) is 0 Å². The lowest BCUT2D eigenvalue weighted by Crippen LogP contribution is -2.18. The fourth-order valence-electron chi connectivity index (χ4n) is 1.70. The summed E-state index contributed by atoms with van der Waals surface area (Å²) in [7, 11) is 0. The molecule has 142 valence electrons. The number of aliphatic hydroxyl groups excluding tert-OH is 2. The molecule has 0 aliphatic heterocycles. The summed E-state index contributed by atoms with van der Waals surface area (Å²) in [6, 6.07) is 0. The van der Waals surface area contributed by atoms with E-state index in [-0.39, 0.29) is 47.6 Å². The van der Waals surface area contributed by atoms with Crippen molar-refractivity contribution in [1.82, 2.24) is 29.9 Å². The zero-order chi connectivity index (χ0) is 18.8. The van der Waals surface area contributed by atoms with Gasteiger partial charge < -0.3 is 31.5 Å². The van der Waals surface area contributed by atoms with Crippen molar-refractivity contribution < 1.29 is 10.2 Å². The Labute approximate surface area is 158 Å². The van der Waals surface area contributed by atoms with Gasteiger partial charge in [-0.3, -0.25) is 0 Å². The second-order valence-electron chi connectivity index (χ2n) is 4.66. The van der Waals surface area contributed by atoms with E-state index in [0.29, 0.717) is 26.2 Å². The van der Waals surface area contributed by atoms with Gasteiger partial charge >= 0.3 is 0 Å². The van der Waals surface area contributed by atoms with Gasteiger partial charge in [0.25, 0.3) is 0 Å². The molecule has 0 spiro atoms. The number of nitrogens with zero attached hydrogens (tertiary/aromatic N) is 6. The molecular formula is C12H18Cl2N10O2. The van der Waals surface area contributed by atoms with Crippen LogP contribution in [0.5, 0.6) is 0 Å². The standard InChI is InChI=1S/C12H18Cl2N10O2/c13-7-19-9(23-11(21-7)17-3-5-25)15-1-2-16-10-20-8(14)22-12(24-10)18-4-6-26/h25-26H,1-6H2,(H2,15,17,19,21,23)(H2,16,18,20,22,24). The molecule has 14 heteroatoms. The van der Waals surface area contributed by atoms with Gasteiger partial charge in [0.05, 0.1) is 13.2 Å². The van der Waals surface area contributed by atoms with Crippen LogP contribution >= 0.6 is 23.2 Å². The van der Waals surface area contributed by atoms with Gasteiger partial charge in [-0.25, -0.2) is 0 Å². The van der Waals surface area contributed by atoms with Crippen molar-refractivity contribution in [3.8, 4) is 0 Å². The molecule has 0 amide bonds. The highest BCUT2D eigenvalue weighted by Crippen LogP contribution is 2.10. The van der Waals surface area contributed by atoms with Crippen molar-refractivity contribution in [3.63, 3.8) is 0 Å². The molecule has 0 fully saturated rings. The first-order valence-corrected chi connectivity index (χ1v) is 8.36. The predicted octanol–water partition coefficient (Wildman–Crippen LogP) is -0.304. The molecule has 2 heterocycles. The maximum atomic E-state index is 8.80. The van der Waals surface area contributed by atoms with E-state index in [1.54, 1.807) is 0 Å². The largest absolute Gasteiger partial charge is 0.395 e. The van der Waals surface area contributed by atoms with E-state index < -0.39 is 0 Å². The van der Waals surface area contributed by atoms with Crippen molar-refractivity contribution in [2.45, 2.75) is 0 Å². The van der Waals surface area contributed by atoms with Crippen LogP contribution < -0.4 is 21.3 Å². The van der Waals surface area contributed by atoms with Crippen LogP contribution in [0.2, 0.25) is 10.6 Å². The quantitative estimate of drug-likeness (QED) is 0.271. The zero-order valence-corrected chi connectivity index (χ0v) is 15.1. The van der Waals surface area contributed by atoms with Gasteiger partial charge in [0.15, 0.2) is 0 Å². The number of hydrogen-bond donors (Lipinski definition) is 6. The number of aliphatic hydroxyl groups is 2. The molecule has 6 N–H and O–H groups in total. The Hall–Kier alpha value is -2.28. The number of hydrogen-bond acceptors (Lipinski definition) is 12. The maximum absolute atomic E-state index is 8.80. The molecule has 0 aliphatic carbocycles. The third kappa shape index (κ3) is 6.92. The maximum Gasteiger partial charge on any atom is 0.228 e. The summed E-state index contributed by atoms with van der Waals surface area (Å²) in [5, 5.41) is 29.2. The molecule has 0 aromatic carbocycles. The first-order valence-electron chi connectivity index (χ1n) is 7.61. The molecule has 0 saturated heterocycles. The smallest absolute Gasteiger partial charge is 0.228 e. The highest BCUT2D eigenvalue weighted by Gasteiger charge is 2.06.